The molecule has 0 fully saturated rings. The van der Waals surface area contributed by atoms with E-state index in [9.17, 15) is 10.0 Å². The Balaban J connectivity index is 2.21. The SMILES string of the molecule is O=c1n[n+]([O-])c2cccnc2n1Cc1ccccc1. The van der Waals surface area contributed by atoms with Crippen molar-refractivity contribution in [1.29, 1.82) is 0 Å². The number of benzene rings is 1. The van der Waals surface area contributed by atoms with Crippen molar-refractivity contribution in [3.63, 3.8) is 0 Å². The van der Waals surface area contributed by atoms with Crippen molar-refractivity contribution in [2.45, 2.75) is 6.54 Å². The van der Waals surface area contributed by atoms with E-state index in [4.69, 9.17) is 0 Å². The average Bonchev–Trinajstić information content (AvgIpc) is 2.45. The Morgan fingerprint density at radius 1 is 1.16 bits per heavy atom. The Morgan fingerprint density at radius 2 is 1.95 bits per heavy atom. The fourth-order valence-electron chi connectivity index (χ4n) is 1.93. The largest absolute Gasteiger partial charge is 0.594 e. The summed E-state index contributed by atoms with van der Waals surface area (Å²) in [6, 6.07) is 12.7. The predicted molar refractivity (Wildman–Crippen MR) is 68.3 cm³/mol. The van der Waals surface area contributed by atoms with Gasteiger partial charge in [0, 0.05) is 12.3 Å². The molecule has 0 N–H and O–H groups in total. The lowest BCUT2D eigenvalue weighted by Gasteiger charge is -2.07. The Hall–Kier alpha value is -2.76. The molecule has 0 spiro atoms. The van der Waals surface area contributed by atoms with Crippen LogP contribution < -0.4 is 10.5 Å². The first-order valence-corrected chi connectivity index (χ1v) is 5.75. The fraction of sp³-hybridized carbons (Fsp3) is 0.0769. The first-order chi connectivity index (χ1) is 9.25. The normalized spacial score (nSPS) is 10.7. The second kappa shape index (κ2) is 4.49. The third kappa shape index (κ3) is 2.03. The standard InChI is InChI=1S/C13H10N4O2/c18-13-15-17(19)11-7-4-8-14-12(11)16(13)9-10-5-2-1-3-6-10/h1-8H,9H2. The highest BCUT2D eigenvalue weighted by Crippen LogP contribution is 2.06. The number of pyridine rings is 1. The molecule has 0 aliphatic carbocycles. The second-order valence-electron chi connectivity index (χ2n) is 4.07. The highest BCUT2D eigenvalue weighted by Gasteiger charge is 2.14. The molecule has 3 aromatic rings. The minimum Gasteiger partial charge on any atom is -0.594 e. The van der Waals surface area contributed by atoms with E-state index >= 15 is 0 Å². The number of aromatic nitrogens is 4. The van der Waals surface area contributed by atoms with Crippen LogP contribution in [-0.2, 0) is 6.54 Å². The van der Waals surface area contributed by atoms with E-state index in [0.29, 0.717) is 17.0 Å². The molecule has 0 aliphatic rings. The average molecular weight is 254 g/mol. The van der Waals surface area contributed by atoms with Gasteiger partial charge in [-0.25, -0.2) is 9.78 Å². The van der Waals surface area contributed by atoms with Crippen LogP contribution >= 0.6 is 0 Å². The first-order valence-electron chi connectivity index (χ1n) is 5.75. The third-order valence-electron chi connectivity index (χ3n) is 2.82. The molecule has 0 radical (unpaired) electrons. The highest BCUT2D eigenvalue weighted by molar-refractivity contribution is 5.65. The van der Waals surface area contributed by atoms with Gasteiger partial charge in [0.25, 0.3) is 5.52 Å². The molecule has 2 heterocycles. The molecule has 94 valence electrons. The number of hydrogen-bond acceptors (Lipinski definition) is 4. The molecule has 2 aromatic heterocycles. The summed E-state index contributed by atoms with van der Waals surface area (Å²) < 4.78 is 1.39. The van der Waals surface area contributed by atoms with Crippen molar-refractivity contribution in [2.75, 3.05) is 0 Å². The summed E-state index contributed by atoms with van der Waals surface area (Å²) in [6.45, 7) is 0.334. The number of nitrogens with zero attached hydrogens (tertiary/aromatic N) is 4. The lowest BCUT2D eigenvalue weighted by atomic mass is 10.2. The van der Waals surface area contributed by atoms with E-state index in [1.165, 1.54) is 4.57 Å². The minimum absolute atomic E-state index is 0.276. The number of hydrogen-bond donors (Lipinski definition) is 0. The van der Waals surface area contributed by atoms with E-state index in [-0.39, 0.29) is 5.52 Å². The van der Waals surface area contributed by atoms with Gasteiger partial charge in [-0.15, -0.1) is 0 Å². The summed E-state index contributed by atoms with van der Waals surface area (Å²) in [6.07, 6.45) is 1.54. The molecule has 0 bridgehead atoms. The van der Waals surface area contributed by atoms with E-state index in [1.807, 2.05) is 30.3 Å². The first kappa shape index (κ1) is 11.3. The zero-order chi connectivity index (χ0) is 13.2. The summed E-state index contributed by atoms with van der Waals surface area (Å²) >= 11 is 0. The summed E-state index contributed by atoms with van der Waals surface area (Å²) in [5, 5.41) is 15.0. The molecule has 0 atom stereocenters. The van der Waals surface area contributed by atoms with Gasteiger partial charge in [0.2, 0.25) is 5.65 Å². The van der Waals surface area contributed by atoms with Gasteiger partial charge in [0.1, 0.15) is 0 Å². The minimum atomic E-state index is -0.606. The molecule has 3 rings (SSSR count). The molecule has 1 aromatic carbocycles. The molecule has 6 nitrogen and oxygen atoms in total. The van der Waals surface area contributed by atoms with Crippen LogP contribution in [0.25, 0.3) is 11.2 Å². The summed E-state index contributed by atoms with van der Waals surface area (Å²) in [4.78, 5) is 16.3. The summed E-state index contributed by atoms with van der Waals surface area (Å²) in [5.74, 6) is 0. The molecule has 0 amide bonds. The maximum atomic E-state index is 11.8. The van der Waals surface area contributed by atoms with Crippen molar-refractivity contribution in [3.8, 4) is 0 Å². The molecule has 0 saturated heterocycles. The van der Waals surface area contributed by atoms with Crippen LogP contribution in [0.15, 0.2) is 53.5 Å². The lowest BCUT2D eigenvalue weighted by Crippen LogP contribution is -2.43. The fourth-order valence-corrected chi connectivity index (χ4v) is 1.93. The van der Waals surface area contributed by atoms with Crippen LogP contribution in [0, 0.1) is 5.21 Å². The molecular formula is C13H10N4O2. The van der Waals surface area contributed by atoms with Crippen LogP contribution in [0.4, 0.5) is 0 Å². The van der Waals surface area contributed by atoms with Gasteiger partial charge < -0.3 is 5.21 Å². The van der Waals surface area contributed by atoms with Crippen molar-refractivity contribution >= 4 is 11.2 Å². The van der Waals surface area contributed by atoms with Crippen molar-refractivity contribution in [1.82, 2.24) is 14.6 Å². The number of rotatable bonds is 2. The van der Waals surface area contributed by atoms with Gasteiger partial charge in [-0.05, 0) is 16.5 Å². The van der Waals surface area contributed by atoms with Crippen molar-refractivity contribution in [3.05, 3.63) is 69.9 Å². The third-order valence-corrected chi connectivity index (χ3v) is 2.82. The van der Waals surface area contributed by atoms with Gasteiger partial charge >= 0.3 is 5.69 Å². The highest BCUT2D eigenvalue weighted by atomic mass is 16.5. The molecule has 0 aliphatic heterocycles. The predicted octanol–water partition coefficient (Wildman–Crippen LogP) is 0.473. The maximum Gasteiger partial charge on any atom is 0.411 e. The zero-order valence-corrected chi connectivity index (χ0v) is 9.93. The lowest BCUT2D eigenvalue weighted by molar-refractivity contribution is -0.645. The topological polar surface area (TPSA) is 74.7 Å². The van der Waals surface area contributed by atoms with Crippen LogP contribution in [0.3, 0.4) is 0 Å². The van der Waals surface area contributed by atoms with Crippen molar-refractivity contribution in [2.24, 2.45) is 0 Å². The van der Waals surface area contributed by atoms with Crippen molar-refractivity contribution < 1.29 is 4.85 Å². The van der Waals surface area contributed by atoms with Gasteiger partial charge in [-0.3, -0.25) is 4.57 Å². The molecule has 0 unspecified atom stereocenters. The molecule has 6 heteroatoms. The number of fused-ring (bicyclic) bond motifs is 1. The van der Waals surface area contributed by atoms with Crippen LogP contribution in [0.5, 0.6) is 0 Å². The van der Waals surface area contributed by atoms with Gasteiger partial charge in [-0.1, -0.05) is 30.3 Å². The molecule has 0 saturated carbocycles. The van der Waals surface area contributed by atoms with E-state index < -0.39 is 5.69 Å². The van der Waals surface area contributed by atoms with Crippen LogP contribution in [-0.4, -0.2) is 14.6 Å². The smallest absolute Gasteiger partial charge is 0.411 e. The summed E-state index contributed by atoms with van der Waals surface area (Å²) in [7, 11) is 0. The Kier molecular flexibility index (Phi) is 2.68. The summed E-state index contributed by atoms with van der Waals surface area (Å²) in [5.41, 5.74) is 0.950. The molecular weight excluding hydrogens is 244 g/mol. The Labute approximate surface area is 108 Å². The van der Waals surface area contributed by atoms with E-state index in [2.05, 4.69) is 10.1 Å². The van der Waals surface area contributed by atoms with Gasteiger partial charge in [-0.2, -0.15) is 0 Å². The second-order valence-corrected chi connectivity index (χ2v) is 4.07. The van der Waals surface area contributed by atoms with Gasteiger partial charge in [0.15, 0.2) is 0 Å². The van der Waals surface area contributed by atoms with E-state index in [1.54, 1.807) is 18.3 Å². The van der Waals surface area contributed by atoms with Crippen LogP contribution in [0.2, 0.25) is 0 Å². The Bertz CT molecular complexity index is 784. The monoisotopic (exact) mass is 254 g/mol. The zero-order valence-electron chi connectivity index (χ0n) is 9.93. The van der Waals surface area contributed by atoms with Gasteiger partial charge in [0.05, 0.1) is 11.6 Å². The van der Waals surface area contributed by atoms with E-state index in [0.717, 1.165) is 5.56 Å². The quantitative estimate of drug-likeness (QED) is 0.492. The van der Waals surface area contributed by atoms with Crippen LogP contribution in [0.1, 0.15) is 5.56 Å². The maximum absolute atomic E-state index is 11.8. The Morgan fingerprint density at radius 3 is 2.74 bits per heavy atom. The molecule has 19 heavy (non-hydrogen) atoms.